The van der Waals surface area contributed by atoms with Gasteiger partial charge in [-0.3, -0.25) is 14.6 Å². The third kappa shape index (κ3) is 4.85. The van der Waals surface area contributed by atoms with Gasteiger partial charge >= 0.3 is 0 Å². The van der Waals surface area contributed by atoms with Gasteiger partial charge in [0.2, 0.25) is 0 Å². The minimum atomic E-state index is -0.361. The van der Waals surface area contributed by atoms with E-state index in [1.54, 1.807) is 24.4 Å². The van der Waals surface area contributed by atoms with Crippen molar-refractivity contribution in [2.75, 3.05) is 30.4 Å². The Balaban J connectivity index is 1.50. The summed E-state index contributed by atoms with van der Waals surface area (Å²) in [6.45, 7) is 4.17. The number of H-pyrrole nitrogens is 1. The normalized spacial score (nSPS) is 18.3. The van der Waals surface area contributed by atoms with E-state index in [1.165, 1.54) is 19.3 Å². The van der Waals surface area contributed by atoms with Crippen molar-refractivity contribution in [2.24, 2.45) is 4.99 Å². The van der Waals surface area contributed by atoms with Crippen LogP contribution in [0.3, 0.4) is 0 Å². The molecule has 0 aliphatic carbocycles. The van der Waals surface area contributed by atoms with E-state index >= 15 is 0 Å². The molecule has 1 saturated heterocycles. The summed E-state index contributed by atoms with van der Waals surface area (Å²) in [5.41, 5.74) is 2.15. The largest absolute Gasteiger partial charge is 0.375 e. The lowest BCUT2D eigenvalue weighted by Gasteiger charge is -2.28. The predicted molar refractivity (Wildman–Crippen MR) is 128 cm³/mol. The number of carbonyl (C=O) groups is 1. The zero-order chi connectivity index (χ0) is 22.5. The van der Waals surface area contributed by atoms with E-state index in [4.69, 9.17) is 0 Å². The van der Waals surface area contributed by atoms with Gasteiger partial charge in [0.25, 0.3) is 11.5 Å². The Bertz CT molecular complexity index is 1080. The van der Waals surface area contributed by atoms with Gasteiger partial charge in [-0.2, -0.15) is 0 Å². The molecule has 1 aromatic carbocycles. The molecule has 168 valence electrons. The molecule has 8 nitrogen and oxygen atoms in total. The molecular weight excluding hydrogens is 404 g/mol. The predicted octanol–water partition coefficient (Wildman–Crippen LogP) is 2.81. The number of hydrogen-bond acceptors (Lipinski definition) is 6. The van der Waals surface area contributed by atoms with Crippen molar-refractivity contribution in [3.05, 3.63) is 69.9 Å². The van der Waals surface area contributed by atoms with Crippen LogP contribution >= 0.6 is 0 Å². The van der Waals surface area contributed by atoms with Gasteiger partial charge in [-0.25, -0.2) is 0 Å². The van der Waals surface area contributed by atoms with Crippen molar-refractivity contribution < 1.29 is 4.79 Å². The zero-order valence-corrected chi connectivity index (χ0v) is 18.6. The van der Waals surface area contributed by atoms with E-state index in [-0.39, 0.29) is 23.2 Å². The van der Waals surface area contributed by atoms with Crippen LogP contribution in [-0.4, -0.2) is 42.9 Å². The number of nitrogens with zero attached hydrogens (tertiary/aromatic N) is 2. The lowest BCUT2D eigenvalue weighted by atomic mass is 10.1. The Morgan fingerprint density at radius 3 is 2.62 bits per heavy atom. The molecule has 0 radical (unpaired) electrons. The molecule has 4 rings (SSSR count). The molecule has 1 atom stereocenters. The molecule has 1 fully saturated rings. The first-order valence-electron chi connectivity index (χ1n) is 11.2. The van der Waals surface area contributed by atoms with Crippen molar-refractivity contribution in [3.8, 4) is 0 Å². The van der Waals surface area contributed by atoms with Crippen molar-refractivity contribution in [2.45, 2.75) is 38.6 Å². The van der Waals surface area contributed by atoms with E-state index in [0.717, 1.165) is 31.0 Å². The maximum absolute atomic E-state index is 12.8. The lowest BCUT2D eigenvalue weighted by Crippen LogP contribution is -2.36. The number of aromatic nitrogens is 1. The number of aromatic amines is 1. The molecule has 8 heteroatoms. The highest BCUT2D eigenvalue weighted by Gasteiger charge is 2.17. The van der Waals surface area contributed by atoms with E-state index in [9.17, 15) is 9.59 Å². The molecule has 1 amide bonds. The van der Waals surface area contributed by atoms with Crippen LogP contribution in [-0.2, 0) is 0 Å². The van der Waals surface area contributed by atoms with Gasteiger partial charge in [-0.05, 0) is 62.1 Å². The molecule has 0 saturated carbocycles. The van der Waals surface area contributed by atoms with Crippen LogP contribution in [0.25, 0.3) is 0 Å². The molecule has 1 unspecified atom stereocenters. The van der Waals surface area contributed by atoms with Crippen LogP contribution in [0.2, 0.25) is 0 Å². The minimum Gasteiger partial charge on any atom is -0.375 e. The van der Waals surface area contributed by atoms with Gasteiger partial charge in [0, 0.05) is 43.1 Å². The number of hydrogen-bond donors (Lipinski definition) is 4. The van der Waals surface area contributed by atoms with Gasteiger partial charge in [0.1, 0.15) is 17.3 Å². The summed E-state index contributed by atoms with van der Waals surface area (Å²) in [5, 5.41) is 9.06. The van der Waals surface area contributed by atoms with Crippen LogP contribution in [0, 0.1) is 0 Å². The summed E-state index contributed by atoms with van der Waals surface area (Å²) in [7, 11) is 1.84. The van der Waals surface area contributed by atoms with E-state index in [0.29, 0.717) is 17.0 Å². The molecular formula is C24H30N6O2. The highest BCUT2D eigenvalue weighted by Crippen LogP contribution is 2.20. The molecule has 3 heterocycles. The fourth-order valence-electron chi connectivity index (χ4n) is 3.98. The van der Waals surface area contributed by atoms with Crippen LogP contribution in [0.1, 0.15) is 48.5 Å². The summed E-state index contributed by atoms with van der Waals surface area (Å²) in [5.74, 6) is 1.17. The van der Waals surface area contributed by atoms with Gasteiger partial charge in [0.05, 0.1) is 6.04 Å². The first kappa shape index (κ1) is 21.7. The Kier molecular flexibility index (Phi) is 6.58. The van der Waals surface area contributed by atoms with Crippen molar-refractivity contribution in [1.82, 2.24) is 15.6 Å². The SMILES string of the molecule is CCC1C=C(NC)NC(c2c[nH]c(=O)c(NC(=O)c3ccc(N4CCCCC4)cc3)c2)=N1. The summed E-state index contributed by atoms with van der Waals surface area (Å²) >= 11 is 0. The zero-order valence-electron chi connectivity index (χ0n) is 18.6. The Hall–Kier alpha value is -3.55. The second-order valence-corrected chi connectivity index (χ2v) is 8.09. The Morgan fingerprint density at radius 1 is 1.19 bits per heavy atom. The fourth-order valence-corrected chi connectivity index (χ4v) is 3.98. The quantitative estimate of drug-likeness (QED) is 0.560. The summed E-state index contributed by atoms with van der Waals surface area (Å²) in [6.07, 6.45) is 8.15. The maximum Gasteiger partial charge on any atom is 0.271 e. The van der Waals surface area contributed by atoms with Crippen molar-refractivity contribution in [1.29, 1.82) is 0 Å². The average molecular weight is 435 g/mol. The number of piperidine rings is 1. The second kappa shape index (κ2) is 9.72. The number of carbonyl (C=O) groups excluding carboxylic acids is 1. The van der Waals surface area contributed by atoms with Crippen LogP contribution in [0.15, 0.2) is 58.2 Å². The van der Waals surface area contributed by atoms with Crippen LogP contribution < -0.4 is 26.4 Å². The third-order valence-electron chi connectivity index (χ3n) is 5.87. The van der Waals surface area contributed by atoms with Crippen molar-refractivity contribution in [3.63, 3.8) is 0 Å². The number of rotatable bonds is 6. The molecule has 0 bridgehead atoms. The molecule has 2 aromatic rings. The average Bonchev–Trinajstić information content (AvgIpc) is 2.85. The minimum absolute atomic E-state index is 0.0390. The van der Waals surface area contributed by atoms with Gasteiger partial charge in [0.15, 0.2) is 0 Å². The monoisotopic (exact) mass is 434 g/mol. The number of amidine groups is 1. The fraction of sp³-hybridized carbons (Fsp3) is 0.375. The summed E-state index contributed by atoms with van der Waals surface area (Å²) < 4.78 is 0. The lowest BCUT2D eigenvalue weighted by molar-refractivity contribution is 0.102. The standard InChI is InChI=1S/C24H30N6O2/c1-3-18-14-21(25-2)29-22(27-18)17-13-20(24(32)26-15-17)28-23(31)16-7-9-19(10-8-16)30-11-5-4-6-12-30/h7-10,13-15,18,25H,3-6,11-12H2,1-2H3,(H,26,32)(H,27,29)(H,28,31). The highest BCUT2D eigenvalue weighted by atomic mass is 16.2. The molecule has 2 aliphatic rings. The molecule has 1 aromatic heterocycles. The highest BCUT2D eigenvalue weighted by molar-refractivity contribution is 6.06. The second-order valence-electron chi connectivity index (χ2n) is 8.09. The molecule has 0 spiro atoms. The topological polar surface area (TPSA) is 102 Å². The van der Waals surface area contributed by atoms with Crippen LogP contribution in [0.4, 0.5) is 11.4 Å². The number of amides is 1. The van der Waals surface area contributed by atoms with Gasteiger partial charge in [-0.15, -0.1) is 0 Å². The molecule has 4 N–H and O–H groups in total. The first-order valence-corrected chi connectivity index (χ1v) is 11.2. The van der Waals surface area contributed by atoms with E-state index in [1.807, 2.05) is 25.3 Å². The van der Waals surface area contributed by atoms with Gasteiger partial charge in [-0.1, -0.05) is 6.92 Å². The first-order chi connectivity index (χ1) is 15.6. The summed E-state index contributed by atoms with van der Waals surface area (Å²) in [4.78, 5) is 34.9. The number of benzene rings is 1. The van der Waals surface area contributed by atoms with E-state index < -0.39 is 0 Å². The Labute approximate surface area is 187 Å². The van der Waals surface area contributed by atoms with Crippen LogP contribution in [0.5, 0.6) is 0 Å². The number of anilines is 2. The number of aliphatic imine (C=N–C) groups is 1. The van der Waals surface area contributed by atoms with E-state index in [2.05, 4.69) is 37.8 Å². The number of nitrogens with one attached hydrogen (secondary N) is 4. The van der Waals surface area contributed by atoms with Crippen molar-refractivity contribution >= 4 is 23.1 Å². The Morgan fingerprint density at radius 2 is 1.94 bits per heavy atom. The maximum atomic E-state index is 12.8. The molecule has 2 aliphatic heterocycles. The smallest absolute Gasteiger partial charge is 0.271 e. The summed E-state index contributed by atoms with van der Waals surface area (Å²) in [6, 6.07) is 9.24. The molecule has 32 heavy (non-hydrogen) atoms. The third-order valence-corrected chi connectivity index (χ3v) is 5.87. The van der Waals surface area contributed by atoms with Gasteiger partial charge < -0.3 is 25.8 Å². The number of pyridine rings is 1.